The molecule has 0 aliphatic rings. The van der Waals surface area contributed by atoms with Crippen LogP contribution in [0.1, 0.15) is 16.1 Å². The maximum absolute atomic E-state index is 14.5. The Morgan fingerprint density at radius 1 is 0.923 bits per heavy atom. The minimum Gasteiger partial charge on any atom is -0.497 e. The molecule has 0 amide bonds. The first kappa shape index (κ1) is 17.6. The van der Waals surface area contributed by atoms with Gasteiger partial charge in [-0.2, -0.15) is 0 Å². The zero-order valence-electron chi connectivity index (χ0n) is 14.8. The van der Waals surface area contributed by atoms with Crippen LogP contribution in [-0.4, -0.2) is 38.6 Å². The van der Waals surface area contributed by atoms with Crippen molar-refractivity contribution in [3.63, 3.8) is 0 Å². The van der Waals surface area contributed by atoms with Crippen LogP contribution in [0.25, 0.3) is 5.52 Å². The molecule has 0 saturated carbocycles. The number of carbonyl (C=O) groups is 1. The molecule has 0 N–H and O–H groups in total. The number of fused-ring (bicyclic) bond motifs is 1. The van der Waals surface area contributed by atoms with E-state index in [1.807, 2.05) is 0 Å². The van der Waals surface area contributed by atoms with Crippen LogP contribution in [0.15, 0.2) is 36.5 Å². The van der Waals surface area contributed by atoms with E-state index in [1.54, 1.807) is 18.3 Å². The molecule has 0 aliphatic carbocycles. The third-order valence-electron chi connectivity index (χ3n) is 4.08. The van der Waals surface area contributed by atoms with Gasteiger partial charge in [-0.05, 0) is 18.2 Å². The van der Waals surface area contributed by atoms with Crippen LogP contribution in [0.2, 0.25) is 0 Å². The maximum atomic E-state index is 14.5. The van der Waals surface area contributed by atoms with Crippen molar-refractivity contribution in [1.82, 2.24) is 4.40 Å². The van der Waals surface area contributed by atoms with Crippen LogP contribution in [0.3, 0.4) is 0 Å². The number of ether oxygens (including phenoxy) is 4. The Morgan fingerprint density at radius 3 is 2.12 bits per heavy atom. The fourth-order valence-electron chi connectivity index (χ4n) is 2.82. The van der Waals surface area contributed by atoms with Crippen molar-refractivity contribution in [3.05, 3.63) is 53.6 Å². The Kier molecular flexibility index (Phi) is 4.71. The van der Waals surface area contributed by atoms with Crippen molar-refractivity contribution in [2.24, 2.45) is 0 Å². The van der Waals surface area contributed by atoms with Crippen LogP contribution in [0, 0.1) is 5.82 Å². The smallest absolute Gasteiger partial charge is 0.213 e. The number of aromatic nitrogens is 1. The number of carbonyl (C=O) groups excluding carboxylic acids is 1. The number of pyridine rings is 1. The minimum atomic E-state index is -0.628. The molecule has 0 unspecified atom stereocenters. The zero-order chi connectivity index (χ0) is 18.8. The third-order valence-corrected chi connectivity index (χ3v) is 4.08. The van der Waals surface area contributed by atoms with E-state index in [0.29, 0.717) is 28.5 Å². The molecule has 2 aromatic heterocycles. The van der Waals surface area contributed by atoms with Crippen molar-refractivity contribution in [1.29, 1.82) is 0 Å². The van der Waals surface area contributed by atoms with Crippen molar-refractivity contribution >= 4 is 11.3 Å². The Hall–Kier alpha value is -3.22. The number of rotatable bonds is 6. The molecule has 1 aromatic carbocycles. The van der Waals surface area contributed by atoms with Crippen molar-refractivity contribution in [3.8, 4) is 23.0 Å². The predicted octanol–water partition coefficient (Wildman–Crippen LogP) is 3.34. The second-order valence-electron chi connectivity index (χ2n) is 5.45. The van der Waals surface area contributed by atoms with E-state index >= 15 is 0 Å². The van der Waals surface area contributed by atoms with Gasteiger partial charge in [-0.15, -0.1) is 0 Å². The molecule has 0 aliphatic heterocycles. The van der Waals surface area contributed by atoms with E-state index < -0.39 is 11.6 Å². The van der Waals surface area contributed by atoms with E-state index in [2.05, 4.69) is 0 Å². The van der Waals surface area contributed by atoms with Crippen LogP contribution < -0.4 is 18.9 Å². The van der Waals surface area contributed by atoms with Gasteiger partial charge in [-0.1, -0.05) is 0 Å². The maximum Gasteiger partial charge on any atom is 0.213 e. The largest absolute Gasteiger partial charge is 0.497 e. The minimum absolute atomic E-state index is 0.0862. The molecule has 136 valence electrons. The first-order chi connectivity index (χ1) is 12.5. The van der Waals surface area contributed by atoms with Gasteiger partial charge in [-0.25, -0.2) is 4.39 Å². The van der Waals surface area contributed by atoms with Crippen molar-refractivity contribution < 1.29 is 28.1 Å². The molecule has 0 atom stereocenters. The molecule has 0 fully saturated rings. The molecule has 26 heavy (non-hydrogen) atoms. The number of benzene rings is 1. The van der Waals surface area contributed by atoms with Gasteiger partial charge in [0.25, 0.3) is 0 Å². The third kappa shape index (κ3) is 2.81. The number of methoxy groups -OCH3 is 4. The van der Waals surface area contributed by atoms with Gasteiger partial charge >= 0.3 is 0 Å². The summed E-state index contributed by atoms with van der Waals surface area (Å²) in [7, 11) is 5.89. The summed E-state index contributed by atoms with van der Waals surface area (Å²) < 4.78 is 36.9. The van der Waals surface area contributed by atoms with Gasteiger partial charge in [-0.3, -0.25) is 4.79 Å². The van der Waals surface area contributed by atoms with E-state index in [-0.39, 0.29) is 11.3 Å². The molecule has 0 spiro atoms. The van der Waals surface area contributed by atoms with Gasteiger partial charge in [0.15, 0.2) is 17.3 Å². The lowest BCUT2D eigenvalue weighted by atomic mass is 10.1. The molecule has 3 rings (SSSR count). The molecule has 6 nitrogen and oxygen atoms in total. The van der Waals surface area contributed by atoms with Gasteiger partial charge < -0.3 is 23.3 Å². The summed E-state index contributed by atoms with van der Waals surface area (Å²) in [4.78, 5) is 13.0. The standard InChI is InChI=1S/C19H18FNO5/c1-23-13-5-6-21-12(9-13)10-14(20)17(21)18(22)11-7-15(24-2)19(26-4)16(8-11)25-3/h5-10H,1-4H3. The monoisotopic (exact) mass is 359 g/mol. The van der Waals surface area contributed by atoms with Gasteiger partial charge in [0.05, 0.1) is 34.0 Å². The van der Waals surface area contributed by atoms with Crippen LogP contribution in [-0.2, 0) is 0 Å². The average Bonchev–Trinajstić information content (AvgIpc) is 3.00. The number of halogens is 1. The van der Waals surface area contributed by atoms with Crippen molar-refractivity contribution in [2.45, 2.75) is 0 Å². The molecule has 0 bridgehead atoms. The second kappa shape index (κ2) is 6.95. The van der Waals surface area contributed by atoms with Gasteiger partial charge in [0.1, 0.15) is 11.4 Å². The summed E-state index contributed by atoms with van der Waals surface area (Å²) in [5.74, 6) is 0.429. The Balaban J connectivity index is 2.15. The second-order valence-corrected chi connectivity index (χ2v) is 5.45. The highest BCUT2D eigenvalue weighted by Crippen LogP contribution is 2.39. The summed E-state index contributed by atoms with van der Waals surface area (Å²) >= 11 is 0. The highest BCUT2D eigenvalue weighted by molar-refractivity contribution is 6.09. The highest BCUT2D eigenvalue weighted by Gasteiger charge is 2.23. The van der Waals surface area contributed by atoms with E-state index in [4.69, 9.17) is 18.9 Å². The Morgan fingerprint density at radius 2 is 1.58 bits per heavy atom. The zero-order valence-corrected chi connectivity index (χ0v) is 14.8. The molecule has 0 saturated heterocycles. The quantitative estimate of drug-likeness (QED) is 0.632. The number of hydrogen-bond donors (Lipinski definition) is 0. The summed E-state index contributed by atoms with van der Waals surface area (Å²) in [5, 5.41) is 0. The molecular weight excluding hydrogens is 341 g/mol. The molecule has 3 aromatic rings. The normalized spacial score (nSPS) is 10.7. The summed E-state index contributed by atoms with van der Waals surface area (Å²) in [6.07, 6.45) is 1.59. The van der Waals surface area contributed by atoms with Crippen LogP contribution >= 0.6 is 0 Å². The van der Waals surface area contributed by atoms with E-state index in [9.17, 15) is 9.18 Å². The van der Waals surface area contributed by atoms with Crippen molar-refractivity contribution in [2.75, 3.05) is 28.4 Å². The lowest BCUT2D eigenvalue weighted by molar-refractivity contribution is 0.102. The van der Waals surface area contributed by atoms with E-state index in [1.165, 1.54) is 51.0 Å². The molecule has 7 heteroatoms. The molecule has 2 heterocycles. The summed E-state index contributed by atoms with van der Waals surface area (Å²) in [6, 6.07) is 7.57. The van der Waals surface area contributed by atoms with Gasteiger partial charge in [0.2, 0.25) is 11.5 Å². The first-order valence-electron chi connectivity index (χ1n) is 7.73. The fourth-order valence-corrected chi connectivity index (χ4v) is 2.82. The Labute approximate surface area is 149 Å². The topological polar surface area (TPSA) is 58.4 Å². The molecular formula is C19H18FNO5. The first-order valence-corrected chi connectivity index (χ1v) is 7.73. The summed E-state index contributed by atoms with van der Waals surface area (Å²) in [5.41, 5.74) is 0.642. The number of nitrogens with zero attached hydrogens (tertiary/aromatic N) is 1. The number of hydrogen-bond acceptors (Lipinski definition) is 5. The van der Waals surface area contributed by atoms with E-state index in [0.717, 1.165) is 0 Å². The number of ketones is 1. The lowest BCUT2D eigenvalue weighted by Crippen LogP contribution is -2.08. The van der Waals surface area contributed by atoms with Crippen LogP contribution in [0.5, 0.6) is 23.0 Å². The Bertz CT molecular complexity index is 954. The van der Waals surface area contributed by atoms with Crippen LogP contribution in [0.4, 0.5) is 4.39 Å². The average molecular weight is 359 g/mol. The highest BCUT2D eigenvalue weighted by atomic mass is 19.1. The molecule has 0 radical (unpaired) electrons. The predicted molar refractivity (Wildman–Crippen MR) is 93.4 cm³/mol. The SMILES string of the molecule is COc1ccn2c(C(=O)c3cc(OC)c(OC)c(OC)c3)c(F)cc2c1. The lowest BCUT2D eigenvalue weighted by Gasteiger charge is -2.13. The fraction of sp³-hybridized carbons (Fsp3) is 0.211. The van der Waals surface area contributed by atoms with Gasteiger partial charge in [0, 0.05) is 23.9 Å². The summed E-state index contributed by atoms with van der Waals surface area (Å²) in [6.45, 7) is 0.